The smallest absolute Gasteiger partial charge is 0.123 e. The first-order valence-corrected chi connectivity index (χ1v) is 15.5. The van der Waals surface area contributed by atoms with Crippen LogP contribution in [0.25, 0.3) is 22.3 Å². The van der Waals surface area contributed by atoms with Gasteiger partial charge in [-0.3, -0.25) is 0 Å². The van der Waals surface area contributed by atoms with E-state index in [1.54, 1.807) is 14.2 Å². The molecule has 2 N–H and O–H groups in total. The van der Waals surface area contributed by atoms with Gasteiger partial charge in [-0.05, 0) is 73.2 Å². The van der Waals surface area contributed by atoms with Gasteiger partial charge in [0, 0.05) is 37.9 Å². The number of carbonyl (C=O) groups is 4. The molecule has 8 nitrogen and oxygen atoms in total. The molecular weight excluding hydrogens is 608 g/mol. The van der Waals surface area contributed by atoms with E-state index in [0.29, 0.717) is 38.0 Å². The van der Waals surface area contributed by atoms with E-state index in [9.17, 15) is 19.2 Å². The maximum atomic E-state index is 10.6. The Morgan fingerprint density at radius 3 is 0.833 bits per heavy atom. The van der Waals surface area contributed by atoms with Crippen molar-refractivity contribution in [1.82, 2.24) is 0 Å². The number of aryl methyl sites for hydroxylation is 2. The van der Waals surface area contributed by atoms with E-state index in [1.807, 2.05) is 24.3 Å². The van der Waals surface area contributed by atoms with Crippen molar-refractivity contribution in [2.75, 3.05) is 28.4 Å². The number of hydrogen-bond acceptors (Lipinski definition) is 8. The van der Waals surface area contributed by atoms with Crippen molar-refractivity contribution in [2.45, 2.75) is 26.7 Å². The van der Waals surface area contributed by atoms with Crippen molar-refractivity contribution in [1.29, 1.82) is 0 Å². The largest absolute Gasteiger partial charge is 0.497 e. The Labute approximate surface area is 284 Å². The first-order valence-electron chi connectivity index (χ1n) is 15.5. The predicted octanol–water partition coefficient (Wildman–Crippen LogP) is 6.60. The molecule has 4 aromatic rings. The maximum Gasteiger partial charge on any atom is 0.123 e. The number of aliphatic hydroxyl groups excluding tert-OH is 2. The number of ether oxygens (including phenoxy) is 2. The first-order chi connectivity index (χ1) is 23.3. The molecule has 1 aliphatic carbocycles. The molecule has 0 aromatic heterocycles. The molecule has 0 amide bonds. The van der Waals surface area contributed by atoms with E-state index >= 15 is 0 Å². The highest BCUT2D eigenvalue weighted by molar-refractivity contribution is 5.71. The van der Waals surface area contributed by atoms with E-state index in [1.165, 1.54) is 33.4 Å². The summed E-state index contributed by atoms with van der Waals surface area (Å²) in [6, 6.07) is 33.3. The molecule has 8 heteroatoms. The normalized spacial score (nSPS) is 17.3. The zero-order valence-corrected chi connectivity index (χ0v) is 28.6. The molecule has 48 heavy (non-hydrogen) atoms. The topological polar surface area (TPSA) is 127 Å². The van der Waals surface area contributed by atoms with Crippen LogP contribution in [0.1, 0.15) is 24.0 Å². The minimum absolute atomic E-state index is 0.319. The Morgan fingerprint density at radius 1 is 0.438 bits per heavy atom. The Hall–Kier alpha value is -4.92. The Balaban J connectivity index is 0.000000342. The van der Waals surface area contributed by atoms with Gasteiger partial charge in [-0.2, -0.15) is 0 Å². The molecule has 4 atom stereocenters. The lowest BCUT2D eigenvalue weighted by molar-refractivity contribution is -0.129. The standard InChI is InChI=1S/2C14H14O.C10H12O4.2CH4O/c2*1-11-3-5-12(6-4-11)13-7-9-14(15-2)10-8-13;11-3-7-1-8(4-12)10(6-14)2-9(7)5-13;2*1-2/h2*3-10H,1-2H3;3-10H,1-2H2;2*2H,1H3. The minimum Gasteiger partial charge on any atom is -0.497 e. The number of aliphatic hydroxyl groups is 2. The molecular formula is C40H48O8. The zero-order chi connectivity index (χ0) is 35.9. The average molecular weight is 657 g/mol. The molecule has 0 saturated heterocycles. The van der Waals surface area contributed by atoms with E-state index in [0.717, 1.165) is 25.7 Å². The van der Waals surface area contributed by atoms with Gasteiger partial charge in [0.2, 0.25) is 0 Å². The Bertz CT molecular complexity index is 1330. The van der Waals surface area contributed by atoms with E-state index in [4.69, 9.17) is 19.7 Å². The second kappa shape index (κ2) is 23.4. The van der Waals surface area contributed by atoms with Crippen LogP contribution in [-0.2, 0) is 19.2 Å². The SMILES string of the molecule is CO.CO.COc1ccc(-c2ccc(C)cc2)cc1.COc1ccc(-c2ccc(C)cc2)cc1.O=CC1CC(C=O)C(C=O)CC1C=O. The molecule has 256 valence electrons. The summed E-state index contributed by atoms with van der Waals surface area (Å²) < 4.78 is 10.2. The van der Waals surface area contributed by atoms with Gasteiger partial charge >= 0.3 is 0 Å². The summed E-state index contributed by atoms with van der Waals surface area (Å²) in [5.74, 6) is 0.173. The predicted molar refractivity (Wildman–Crippen MR) is 190 cm³/mol. The monoisotopic (exact) mass is 656 g/mol. The van der Waals surface area contributed by atoms with Crippen LogP contribution >= 0.6 is 0 Å². The molecule has 0 aliphatic heterocycles. The van der Waals surface area contributed by atoms with Crippen molar-refractivity contribution < 1.29 is 38.9 Å². The number of rotatable bonds is 8. The summed E-state index contributed by atoms with van der Waals surface area (Å²) in [6.07, 6.45) is 3.46. The van der Waals surface area contributed by atoms with Crippen molar-refractivity contribution in [3.8, 4) is 33.8 Å². The van der Waals surface area contributed by atoms with Gasteiger partial charge in [0.15, 0.2) is 0 Å². The van der Waals surface area contributed by atoms with Gasteiger partial charge in [-0.15, -0.1) is 0 Å². The molecule has 0 bridgehead atoms. The zero-order valence-electron chi connectivity index (χ0n) is 28.6. The fraction of sp³-hybridized carbons (Fsp3) is 0.300. The number of aldehydes is 4. The molecule has 0 radical (unpaired) electrons. The third kappa shape index (κ3) is 13.1. The number of benzene rings is 4. The molecule has 4 aromatic carbocycles. The Kier molecular flexibility index (Phi) is 20.0. The van der Waals surface area contributed by atoms with Gasteiger partial charge < -0.3 is 38.9 Å². The highest BCUT2D eigenvalue weighted by atomic mass is 16.5. The summed E-state index contributed by atoms with van der Waals surface area (Å²) >= 11 is 0. The molecule has 1 aliphatic rings. The van der Waals surface area contributed by atoms with Gasteiger partial charge in [-0.25, -0.2) is 0 Å². The summed E-state index contributed by atoms with van der Waals surface area (Å²) in [5, 5.41) is 14.0. The van der Waals surface area contributed by atoms with Crippen LogP contribution < -0.4 is 9.47 Å². The summed E-state index contributed by atoms with van der Waals surface area (Å²) in [6.45, 7) is 4.19. The van der Waals surface area contributed by atoms with Gasteiger partial charge in [0.05, 0.1) is 14.2 Å². The third-order valence-corrected chi connectivity index (χ3v) is 7.84. The maximum absolute atomic E-state index is 10.6. The highest BCUT2D eigenvalue weighted by Gasteiger charge is 2.36. The average Bonchev–Trinajstić information content (AvgIpc) is 3.17. The van der Waals surface area contributed by atoms with E-state index in [-0.39, 0.29) is 0 Å². The van der Waals surface area contributed by atoms with Gasteiger partial charge in [-0.1, -0.05) is 83.9 Å². The van der Waals surface area contributed by atoms with Crippen LogP contribution in [-0.4, -0.2) is 63.8 Å². The third-order valence-electron chi connectivity index (χ3n) is 7.84. The lowest BCUT2D eigenvalue weighted by atomic mass is 9.70. The molecule has 0 heterocycles. The van der Waals surface area contributed by atoms with E-state index < -0.39 is 23.7 Å². The van der Waals surface area contributed by atoms with Crippen molar-refractivity contribution in [3.05, 3.63) is 108 Å². The minimum atomic E-state index is -0.404. The van der Waals surface area contributed by atoms with Gasteiger partial charge in [0.1, 0.15) is 36.6 Å². The molecule has 0 spiro atoms. The second-order valence-corrected chi connectivity index (χ2v) is 10.9. The van der Waals surface area contributed by atoms with Crippen molar-refractivity contribution in [3.63, 3.8) is 0 Å². The van der Waals surface area contributed by atoms with Crippen LogP contribution in [0.5, 0.6) is 11.5 Å². The fourth-order valence-corrected chi connectivity index (χ4v) is 5.01. The van der Waals surface area contributed by atoms with Crippen molar-refractivity contribution in [2.24, 2.45) is 23.7 Å². The lowest BCUT2D eigenvalue weighted by Gasteiger charge is -2.31. The first kappa shape index (κ1) is 41.1. The number of carbonyl (C=O) groups excluding carboxylic acids is 4. The fourth-order valence-electron chi connectivity index (χ4n) is 5.01. The Morgan fingerprint density at radius 2 is 0.646 bits per heavy atom. The van der Waals surface area contributed by atoms with Crippen LogP contribution in [0.2, 0.25) is 0 Å². The molecule has 1 fully saturated rings. The quantitative estimate of drug-likeness (QED) is 0.203. The van der Waals surface area contributed by atoms with Crippen LogP contribution in [0, 0.1) is 37.5 Å². The number of methoxy groups -OCH3 is 2. The highest BCUT2D eigenvalue weighted by Crippen LogP contribution is 2.34. The van der Waals surface area contributed by atoms with Gasteiger partial charge in [0.25, 0.3) is 0 Å². The van der Waals surface area contributed by atoms with Crippen LogP contribution in [0.3, 0.4) is 0 Å². The lowest BCUT2D eigenvalue weighted by Crippen LogP contribution is -2.35. The van der Waals surface area contributed by atoms with E-state index in [2.05, 4.69) is 86.6 Å². The van der Waals surface area contributed by atoms with Crippen LogP contribution in [0.15, 0.2) is 97.1 Å². The summed E-state index contributed by atoms with van der Waals surface area (Å²) in [4.78, 5) is 42.5. The molecule has 4 unspecified atom stereocenters. The van der Waals surface area contributed by atoms with Crippen LogP contribution in [0.4, 0.5) is 0 Å². The second-order valence-electron chi connectivity index (χ2n) is 10.9. The summed E-state index contributed by atoms with van der Waals surface area (Å²) in [7, 11) is 5.36. The van der Waals surface area contributed by atoms with Crippen molar-refractivity contribution >= 4 is 25.1 Å². The molecule has 5 rings (SSSR count). The number of hydrogen-bond donors (Lipinski definition) is 2. The molecule has 1 saturated carbocycles. The summed E-state index contributed by atoms with van der Waals surface area (Å²) in [5.41, 5.74) is 7.48.